The number of anilines is 1. The van der Waals surface area contributed by atoms with Crippen LogP contribution in [0, 0.1) is 0 Å². The Labute approximate surface area is 99.0 Å². The monoisotopic (exact) mass is 229 g/mol. The lowest BCUT2D eigenvalue weighted by Crippen LogP contribution is -2.39. The van der Waals surface area contributed by atoms with E-state index < -0.39 is 8.24 Å². The van der Waals surface area contributed by atoms with Gasteiger partial charge in [-0.3, -0.25) is 0 Å². The van der Waals surface area contributed by atoms with E-state index in [-0.39, 0.29) is 0 Å². The summed E-state index contributed by atoms with van der Waals surface area (Å²) in [5, 5.41) is 1.62. The van der Waals surface area contributed by atoms with E-state index in [2.05, 4.69) is 67.5 Å². The third-order valence-electron chi connectivity index (χ3n) is 3.15. The molecule has 0 fully saturated rings. The summed E-state index contributed by atoms with van der Waals surface area (Å²) in [5.74, 6) is 0. The van der Waals surface area contributed by atoms with Crippen molar-refractivity contribution in [2.75, 3.05) is 4.98 Å². The maximum atomic E-state index is 3.73. The molecule has 1 N–H and O–H groups in total. The topological polar surface area (TPSA) is 12.0 Å². The summed E-state index contributed by atoms with van der Waals surface area (Å²) in [6.45, 7) is 6.98. The molecular weight excluding hydrogens is 210 g/mol. The van der Waals surface area contributed by atoms with Crippen molar-refractivity contribution < 1.29 is 0 Å². The summed E-state index contributed by atoms with van der Waals surface area (Å²) in [5.41, 5.74) is 2.70. The highest BCUT2D eigenvalue weighted by Crippen LogP contribution is 2.28. The van der Waals surface area contributed by atoms with Gasteiger partial charge < -0.3 is 4.98 Å². The van der Waals surface area contributed by atoms with Crippen molar-refractivity contribution in [2.24, 2.45) is 0 Å². The standard InChI is InChI=1S/C14H19NSi/c1-12-8-7-11-14(12)16(2,3)15-13-9-5-4-6-10-13/h4-10,15H,11H2,1-3H3. The number of rotatable bonds is 3. The van der Waals surface area contributed by atoms with Crippen LogP contribution in [0.25, 0.3) is 0 Å². The van der Waals surface area contributed by atoms with Gasteiger partial charge in [-0.05, 0) is 38.6 Å². The zero-order valence-electron chi connectivity index (χ0n) is 10.2. The fourth-order valence-corrected chi connectivity index (χ4v) is 5.06. The van der Waals surface area contributed by atoms with E-state index in [0.29, 0.717) is 0 Å². The molecule has 0 radical (unpaired) electrons. The number of hydrogen-bond acceptors (Lipinski definition) is 1. The van der Waals surface area contributed by atoms with E-state index in [1.165, 1.54) is 11.3 Å². The van der Waals surface area contributed by atoms with Gasteiger partial charge >= 0.3 is 0 Å². The minimum Gasteiger partial charge on any atom is -0.407 e. The molecule has 16 heavy (non-hydrogen) atoms. The normalized spacial score (nSPS) is 15.7. The average molecular weight is 229 g/mol. The van der Waals surface area contributed by atoms with E-state index >= 15 is 0 Å². The van der Waals surface area contributed by atoms with Gasteiger partial charge in [0, 0.05) is 5.69 Å². The molecule has 0 spiro atoms. The minimum absolute atomic E-state index is 1.13. The molecule has 0 bridgehead atoms. The Morgan fingerprint density at radius 3 is 2.38 bits per heavy atom. The molecule has 0 atom stereocenters. The Kier molecular flexibility index (Phi) is 3.01. The number of nitrogens with one attached hydrogen (secondary N) is 1. The Hall–Kier alpha value is -1.28. The molecular formula is C14H19NSi. The lowest BCUT2D eigenvalue weighted by molar-refractivity contribution is 1.31. The maximum Gasteiger partial charge on any atom is 0.175 e. The molecule has 0 saturated carbocycles. The van der Waals surface area contributed by atoms with Gasteiger partial charge in [-0.1, -0.05) is 41.1 Å². The van der Waals surface area contributed by atoms with Crippen LogP contribution in [0.15, 0.2) is 53.3 Å². The molecule has 0 saturated heterocycles. The number of hydrogen-bond donors (Lipinski definition) is 1. The number of benzene rings is 1. The molecule has 0 unspecified atom stereocenters. The lowest BCUT2D eigenvalue weighted by atomic mass is 10.3. The van der Waals surface area contributed by atoms with Crippen molar-refractivity contribution in [3.63, 3.8) is 0 Å². The Bertz CT molecular complexity index is 429. The molecule has 1 aromatic carbocycles. The third kappa shape index (κ3) is 2.27. The summed E-state index contributed by atoms with van der Waals surface area (Å²) in [6, 6.07) is 10.5. The number of allylic oxidation sites excluding steroid dienone is 4. The van der Waals surface area contributed by atoms with Gasteiger partial charge in [0.05, 0.1) is 0 Å². The van der Waals surface area contributed by atoms with Gasteiger partial charge in [0.15, 0.2) is 8.24 Å². The van der Waals surface area contributed by atoms with Crippen LogP contribution in [0.2, 0.25) is 13.1 Å². The molecule has 84 valence electrons. The van der Waals surface area contributed by atoms with E-state index in [9.17, 15) is 0 Å². The molecule has 1 aliphatic carbocycles. The first-order chi connectivity index (χ1) is 7.59. The molecule has 2 rings (SSSR count). The van der Waals surface area contributed by atoms with Gasteiger partial charge in [0.25, 0.3) is 0 Å². The van der Waals surface area contributed by atoms with Crippen LogP contribution in [0.1, 0.15) is 13.3 Å². The summed E-state index contributed by atoms with van der Waals surface area (Å²) in [4.78, 5) is 3.73. The average Bonchev–Trinajstić information content (AvgIpc) is 2.66. The predicted octanol–water partition coefficient (Wildman–Crippen LogP) is 4.12. The fourth-order valence-electron chi connectivity index (χ4n) is 2.32. The molecule has 0 amide bonds. The summed E-state index contributed by atoms with van der Waals surface area (Å²) in [6.07, 6.45) is 5.65. The highest BCUT2D eigenvalue weighted by Gasteiger charge is 2.28. The van der Waals surface area contributed by atoms with Crippen molar-refractivity contribution in [3.05, 3.63) is 53.3 Å². The summed E-state index contributed by atoms with van der Waals surface area (Å²) < 4.78 is 0. The van der Waals surface area contributed by atoms with E-state index in [1.807, 2.05) is 0 Å². The SMILES string of the molecule is CC1=C([Si](C)(C)Nc2ccccc2)CC=C1. The quantitative estimate of drug-likeness (QED) is 0.769. The van der Waals surface area contributed by atoms with Crippen molar-refractivity contribution in [1.29, 1.82) is 0 Å². The fraction of sp³-hybridized carbons (Fsp3) is 0.286. The largest absolute Gasteiger partial charge is 0.407 e. The van der Waals surface area contributed by atoms with Crippen molar-refractivity contribution in [1.82, 2.24) is 0 Å². The molecule has 1 aromatic rings. The molecule has 1 nitrogen and oxygen atoms in total. The zero-order chi connectivity index (χ0) is 11.6. The van der Waals surface area contributed by atoms with Crippen LogP contribution in [0.4, 0.5) is 5.69 Å². The van der Waals surface area contributed by atoms with Crippen LogP contribution < -0.4 is 4.98 Å². The molecule has 0 heterocycles. The van der Waals surface area contributed by atoms with Gasteiger partial charge in [-0.25, -0.2) is 0 Å². The van der Waals surface area contributed by atoms with Crippen LogP contribution in [0.5, 0.6) is 0 Å². The van der Waals surface area contributed by atoms with Gasteiger partial charge in [-0.2, -0.15) is 0 Å². The van der Waals surface area contributed by atoms with Crippen LogP contribution in [-0.2, 0) is 0 Å². The zero-order valence-corrected chi connectivity index (χ0v) is 11.2. The van der Waals surface area contributed by atoms with Crippen LogP contribution in [-0.4, -0.2) is 8.24 Å². The van der Waals surface area contributed by atoms with Crippen molar-refractivity contribution >= 4 is 13.9 Å². The lowest BCUT2D eigenvalue weighted by Gasteiger charge is -2.27. The second kappa shape index (κ2) is 4.30. The van der Waals surface area contributed by atoms with Gasteiger partial charge in [0.2, 0.25) is 0 Å². The first kappa shape index (κ1) is 11.2. The molecule has 0 aliphatic heterocycles. The summed E-state index contributed by atoms with van der Waals surface area (Å²) >= 11 is 0. The maximum absolute atomic E-state index is 3.73. The van der Waals surface area contributed by atoms with Gasteiger partial charge in [0.1, 0.15) is 0 Å². The second-order valence-electron chi connectivity index (χ2n) is 4.88. The first-order valence-corrected chi connectivity index (χ1v) is 8.79. The predicted molar refractivity (Wildman–Crippen MR) is 74.0 cm³/mol. The van der Waals surface area contributed by atoms with E-state index in [1.54, 1.807) is 5.20 Å². The van der Waals surface area contributed by atoms with Gasteiger partial charge in [-0.15, -0.1) is 0 Å². The van der Waals surface area contributed by atoms with Crippen LogP contribution >= 0.6 is 0 Å². The molecule has 2 heteroatoms. The van der Waals surface area contributed by atoms with Crippen molar-refractivity contribution in [2.45, 2.75) is 26.4 Å². The minimum atomic E-state index is -1.51. The Morgan fingerprint density at radius 1 is 1.12 bits per heavy atom. The van der Waals surface area contributed by atoms with Crippen molar-refractivity contribution in [3.8, 4) is 0 Å². The highest BCUT2D eigenvalue weighted by atomic mass is 28.3. The summed E-state index contributed by atoms with van der Waals surface area (Å²) in [7, 11) is -1.51. The Balaban J connectivity index is 2.18. The number of para-hydroxylation sites is 1. The first-order valence-electron chi connectivity index (χ1n) is 5.79. The smallest absolute Gasteiger partial charge is 0.175 e. The van der Waals surface area contributed by atoms with E-state index in [0.717, 1.165) is 6.42 Å². The molecule has 0 aromatic heterocycles. The van der Waals surface area contributed by atoms with Crippen LogP contribution in [0.3, 0.4) is 0 Å². The Morgan fingerprint density at radius 2 is 1.81 bits per heavy atom. The highest BCUT2D eigenvalue weighted by molar-refractivity contribution is 6.87. The molecule has 1 aliphatic rings. The second-order valence-corrected chi connectivity index (χ2v) is 8.99. The third-order valence-corrected chi connectivity index (χ3v) is 6.17. The van der Waals surface area contributed by atoms with E-state index in [4.69, 9.17) is 0 Å².